The molecule has 714 valence electrons. The first-order valence-electron chi connectivity index (χ1n) is 47.4. The fourth-order valence-corrected chi connectivity index (χ4v) is 21.5. The van der Waals surface area contributed by atoms with Crippen molar-refractivity contribution < 1.29 is 116 Å². The molecule has 19 rings (SSSR count). The first-order valence-corrected chi connectivity index (χ1v) is 47.4. The third kappa shape index (κ3) is 24.6. The number of carbonyl (C=O) groups is 2. The summed E-state index contributed by atoms with van der Waals surface area (Å²) < 4.78 is 133. The first kappa shape index (κ1) is 106. The molecule has 13 aromatic rings. The van der Waals surface area contributed by atoms with Gasteiger partial charge in [0.15, 0.2) is 0 Å². The molecule has 3 spiro atoms. The van der Waals surface area contributed by atoms with E-state index in [1.54, 1.807) is 140 Å². The summed E-state index contributed by atoms with van der Waals surface area (Å²) >= 11 is 0. The van der Waals surface area contributed by atoms with Crippen molar-refractivity contribution in [2.24, 2.45) is 0 Å². The van der Waals surface area contributed by atoms with E-state index in [4.69, 9.17) is 0 Å². The summed E-state index contributed by atoms with van der Waals surface area (Å²) in [7, 11) is 0. The molecule has 6 fully saturated rings. The number of Topliss-reactive ketones (excluding diaryl/α,β-unsaturated/α-hetero) is 2. The van der Waals surface area contributed by atoms with Crippen LogP contribution in [0.25, 0.3) is 55.6 Å². The van der Waals surface area contributed by atoms with Gasteiger partial charge in [-0.05, 0) is 172 Å². The van der Waals surface area contributed by atoms with Crippen LogP contribution >= 0.6 is 0 Å². The summed E-state index contributed by atoms with van der Waals surface area (Å²) in [6.45, 7) is 24.2. The van der Waals surface area contributed by atoms with Crippen molar-refractivity contribution in [3.05, 3.63) is 407 Å². The van der Waals surface area contributed by atoms with E-state index in [0.29, 0.717) is 5.78 Å². The Labute approximate surface area is 834 Å². The molecule has 0 aliphatic carbocycles. The zero-order valence-electron chi connectivity index (χ0n) is 77.8. The standard InChI is InChI=1S/2C44H45F3N.C12H10.C10H18NO.C8H5F3O.CH4.2HI.H2O/c2*1-33-11-13-34(14-12-33)36-17-23-40(24-18-36)43(44(45,46)47,39-9-5-3-6-10-39)41-25-19-37(20-26-41)35-15-21-38(22-16-35)42(2)27-31-48(32-28-42)29-7-4-8-30-48;1-3-7-11(8-4-1)12-9-5-2-6-10-12;12-10-4-8-11(9-5-10)6-2-1-3-7-11;9-8(10,11)7(12)6-4-2-1-3-5-6;;;;/h2*3,5-6,9-26H,4,7-8,27-32H2,1-2H3;1-10H;1-9H2;1-5H;1H4;2*1H;1H2/q2*+1;;+1;;;;;/p-2. The number of hydrogen-bond donors (Lipinski definition) is 0. The third-order valence-electron chi connectivity index (χ3n) is 29.9. The molecule has 0 radical (unpaired) electrons. The minimum Gasteiger partial charge on any atom is -1.00 e. The summed E-state index contributed by atoms with van der Waals surface area (Å²) in [6, 6.07) is 106. The molecule has 13 aromatic carbocycles. The minimum absolute atomic E-state index is 0. The van der Waals surface area contributed by atoms with Crippen molar-refractivity contribution in [1.29, 1.82) is 0 Å². The van der Waals surface area contributed by atoms with Crippen LogP contribution in [0, 0.1) is 13.8 Å². The normalized spacial score (nSPS) is 18.3. The number of carbonyl (C=O) groups excluding carboxylic acids is 2. The Morgan fingerprint density at radius 1 is 0.265 bits per heavy atom. The van der Waals surface area contributed by atoms with Crippen LogP contribution in [0.1, 0.15) is 184 Å². The third-order valence-corrected chi connectivity index (χ3v) is 29.9. The number of quaternary nitrogens is 3. The number of rotatable bonds is 14. The van der Waals surface area contributed by atoms with Crippen LogP contribution in [0.2, 0.25) is 0 Å². The Hall–Kier alpha value is -10.1. The Bertz CT molecular complexity index is 5530. The molecule has 0 saturated carbocycles. The van der Waals surface area contributed by atoms with Crippen molar-refractivity contribution in [3.63, 3.8) is 0 Å². The van der Waals surface area contributed by atoms with Crippen LogP contribution in [0.4, 0.5) is 39.5 Å². The Morgan fingerprint density at radius 2 is 0.471 bits per heavy atom. The largest absolute Gasteiger partial charge is 1.00 e. The topological polar surface area (TPSA) is 65.6 Å². The molecule has 6 saturated heterocycles. The van der Waals surface area contributed by atoms with E-state index in [1.807, 2.05) is 98.8 Å². The van der Waals surface area contributed by atoms with E-state index < -0.39 is 35.1 Å². The van der Waals surface area contributed by atoms with E-state index in [-0.39, 0.29) is 111 Å². The zero-order chi connectivity index (χ0) is 92.7. The van der Waals surface area contributed by atoms with E-state index in [0.717, 1.165) is 93.7 Å². The summed E-state index contributed by atoms with van der Waals surface area (Å²) in [5.41, 5.74) is 11.7. The highest BCUT2D eigenvalue weighted by Gasteiger charge is 2.60. The average Bonchev–Trinajstić information content (AvgIpc) is 0.724. The number of nitrogens with zero attached hydrogens (tertiary/aromatic N) is 3. The van der Waals surface area contributed by atoms with Crippen molar-refractivity contribution in [2.75, 3.05) is 78.5 Å². The van der Waals surface area contributed by atoms with Crippen LogP contribution in [-0.2, 0) is 26.5 Å². The molecule has 0 amide bonds. The quantitative estimate of drug-likeness (QED) is 0.0358. The van der Waals surface area contributed by atoms with Gasteiger partial charge in [0, 0.05) is 42.1 Å². The molecule has 6 aliphatic heterocycles. The fraction of sp³-hybridized carbons (Fsp3) is 0.328. The molecule has 6 aliphatic rings. The summed E-state index contributed by atoms with van der Waals surface area (Å²) in [5, 5.41) is 0. The van der Waals surface area contributed by atoms with E-state index >= 15 is 26.3 Å². The fourth-order valence-electron chi connectivity index (χ4n) is 21.5. The Kier molecular flexibility index (Phi) is 36.4. The highest BCUT2D eigenvalue weighted by atomic mass is 127. The SMILES string of the molecule is C.Cc1ccc(-c2ccc(C(c3ccccc3)(c3ccc(-c4ccc(C5(C)CC[N+]6(CCCCC6)CC5)cc4)cc3)C(F)(F)F)cc2)cc1.Cc1ccc(-c2ccc(C(c3ccccc3)(c3ccc(-c4ccc(C5(C)CC[N+]6(CCCCC6)CC5)cc4)cc3)C(F)(F)F)cc2)cc1.O.O=C(c1ccccc1)C(F)(F)F.O=C1CC[N+]2(CCCCC2)CC1.[I-].[I-].c1ccc(-c2ccccc2)cc1. The molecule has 2 N–H and O–H groups in total. The molecule has 6 heterocycles. The maximum atomic E-state index is 15.7. The highest BCUT2D eigenvalue weighted by Crippen LogP contribution is 2.55. The van der Waals surface area contributed by atoms with E-state index in [9.17, 15) is 22.8 Å². The van der Waals surface area contributed by atoms with Crippen LogP contribution in [0.3, 0.4) is 0 Å². The zero-order valence-corrected chi connectivity index (χ0v) is 82.1. The lowest BCUT2D eigenvalue weighted by molar-refractivity contribution is -0.938. The predicted molar refractivity (Wildman–Crippen MR) is 529 cm³/mol. The van der Waals surface area contributed by atoms with Gasteiger partial charge >= 0.3 is 18.5 Å². The van der Waals surface area contributed by atoms with Gasteiger partial charge in [-0.15, -0.1) is 0 Å². The number of aryl methyl sites for hydroxylation is 2. The van der Waals surface area contributed by atoms with Crippen molar-refractivity contribution in [3.8, 4) is 55.6 Å². The second-order valence-electron chi connectivity index (χ2n) is 38.4. The summed E-state index contributed by atoms with van der Waals surface area (Å²) in [4.78, 5) is 21.6. The molecule has 2 atom stereocenters. The van der Waals surface area contributed by atoms with E-state index in [2.05, 4.69) is 111 Å². The van der Waals surface area contributed by atoms with Gasteiger partial charge in [-0.2, -0.15) is 39.5 Å². The minimum atomic E-state index is -4.78. The van der Waals surface area contributed by atoms with Crippen molar-refractivity contribution in [1.82, 2.24) is 0 Å². The number of ketones is 2. The van der Waals surface area contributed by atoms with Gasteiger partial charge in [0.1, 0.15) is 16.6 Å². The lowest BCUT2D eigenvalue weighted by Gasteiger charge is -2.49. The van der Waals surface area contributed by atoms with E-state index in [1.165, 1.54) is 197 Å². The molecule has 136 heavy (non-hydrogen) atoms. The average molecular weight is 2070 g/mol. The van der Waals surface area contributed by atoms with Crippen LogP contribution in [0.5, 0.6) is 0 Å². The number of benzene rings is 13. The highest BCUT2D eigenvalue weighted by molar-refractivity contribution is 6.00. The van der Waals surface area contributed by atoms with Crippen molar-refractivity contribution in [2.45, 2.75) is 172 Å². The second kappa shape index (κ2) is 46.6. The molecule has 6 nitrogen and oxygen atoms in total. The van der Waals surface area contributed by atoms with Gasteiger partial charge < -0.3 is 66.9 Å². The van der Waals surface area contributed by atoms with Crippen LogP contribution in [0.15, 0.2) is 346 Å². The lowest BCUT2D eigenvalue weighted by Crippen LogP contribution is -3.00. The summed E-state index contributed by atoms with van der Waals surface area (Å²) in [6.07, 6.45) is 4.92. The monoisotopic (exact) mass is 2070 g/mol. The van der Waals surface area contributed by atoms with Crippen LogP contribution < -0.4 is 48.0 Å². The smallest absolute Gasteiger partial charge is 0.454 e. The van der Waals surface area contributed by atoms with Crippen molar-refractivity contribution >= 4 is 11.6 Å². The summed E-state index contributed by atoms with van der Waals surface area (Å²) in [5.74, 6) is -1.31. The molecule has 2 unspecified atom stereocenters. The first-order chi connectivity index (χ1) is 63.5. The maximum absolute atomic E-state index is 15.7. The van der Waals surface area contributed by atoms with Crippen LogP contribution in [-0.4, -0.2) is 128 Å². The second-order valence-corrected chi connectivity index (χ2v) is 38.4. The molecular weight excluding hydrogens is 1940 g/mol. The van der Waals surface area contributed by atoms with Gasteiger partial charge in [0.2, 0.25) is 0 Å². The predicted octanol–water partition coefficient (Wildman–Crippen LogP) is 23.5. The molecule has 17 heteroatoms. The lowest BCUT2D eigenvalue weighted by atomic mass is 9.68. The molecular formula is C119H129F9I2N3O3+. The number of hydrogen-bond acceptors (Lipinski definition) is 2. The van der Waals surface area contributed by atoms with Gasteiger partial charge in [0.25, 0.3) is 5.78 Å². The molecule has 0 bridgehead atoms. The Morgan fingerprint density at radius 3 is 0.713 bits per heavy atom. The van der Waals surface area contributed by atoms with Gasteiger partial charge in [0.05, 0.1) is 91.4 Å². The maximum Gasteiger partial charge on any atom is 0.454 e. The molecule has 0 aromatic heterocycles. The van der Waals surface area contributed by atoms with Gasteiger partial charge in [-0.25, -0.2) is 0 Å². The van der Waals surface area contributed by atoms with Gasteiger partial charge in [-0.3, -0.25) is 9.59 Å². The number of piperidine rings is 6. The number of halogens is 11. The Balaban J connectivity index is 0.000000187. The van der Waals surface area contributed by atoms with Gasteiger partial charge in [-0.1, -0.05) is 378 Å². The number of alkyl halides is 9.